The molecule has 0 bridgehead atoms. The first-order chi connectivity index (χ1) is 13.6. The largest absolute Gasteiger partial charge is 0.467 e. The zero-order valence-corrected chi connectivity index (χ0v) is 17.4. The highest BCUT2D eigenvalue weighted by molar-refractivity contribution is 7.98. The maximum atomic E-state index is 6.31. The van der Waals surface area contributed by atoms with Crippen molar-refractivity contribution in [2.45, 2.75) is 24.4 Å². The Morgan fingerprint density at radius 3 is 2.50 bits per heavy atom. The Hall–Kier alpha value is -2.21. The zero-order valence-electron chi connectivity index (χ0n) is 15.1. The minimum atomic E-state index is 0.544. The van der Waals surface area contributed by atoms with Crippen LogP contribution in [-0.2, 0) is 12.3 Å². The van der Waals surface area contributed by atoms with Crippen molar-refractivity contribution < 1.29 is 4.42 Å². The molecule has 2 heterocycles. The molecule has 0 saturated carbocycles. The SMILES string of the molecule is Cc1cccc(-c2nnc(SCc3c(Cl)cccc3Cl)n2Cc2ccco2)c1. The van der Waals surface area contributed by atoms with Crippen LogP contribution in [0.2, 0.25) is 10.0 Å². The van der Waals surface area contributed by atoms with E-state index < -0.39 is 0 Å². The summed E-state index contributed by atoms with van der Waals surface area (Å²) in [7, 11) is 0. The smallest absolute Gasteiger partial charge is 0.192 e. The maximum Gasteiger partial charge on any atom is 0.192 e. The Balaban J connectivity index is 1.68. The lowest BCUT2D eigenvalue weighted by Gasteiger charge is -2.10. The molecule has 4 rings (SSSR count). The molecule has 4 nitrogen and oxygen atoms in total. The van der Waals surface area contributed by atoms with Crippen LogP contribution in [0.15, 0.2) is 70.4 Å². The second-order valence-corrected chi connectivity index (χ2v) is 8.09. The quantitative estimate of drug-likeness (QED) is 0.328. The van der Waals surface area contributed by atoms with Gasteiger partial charge >= 0.3 is 0 Å². The molecule has 2 aromatic carbocycles. The first-order valence-corrected chi connectivity index (χ1v) is 10.4. The van der Waals surface area contributed by atoms with Crippen molar-refractivity contribution in [2.24, 2.45) is 0 Å². The minimum Gasteiger partial charge on any atom is -0.467 e. The Labute approximate surface area is 177 Å². The van der Waals surface area contributed by atoms with E-state index in [-0.39, 0.29) is 0 Å². The van der Waals surface area contributed by atoms with Gasteiger partial charge in [-0.15, -0.1) is 10.2 Å². The third-order valence-electron chi connectivity index (χ3n) is 4.29. The Kier molecular flexibility index (Phi) is 5.76. The van der Waals surface area contributed by atoms with Gasteiger partial charge in [0.05, 0.1) is 12.8 Å². The van der Waals surface area contributed by atoms with Crippen LogP contribution in [0.4, 0.5) is 0 Å². The topological polar surface area (TPSA) is 43.9 Å². The van der Waals surface area contributed by atoms with Crippen LogP contribution >= 0.6 is 35.0 Å². The van der Waals surface area contributed by atoms with Crippen LogP contribution in [-0.4, -0.2) is 14.8 Å². The molecule has 0 saturated heterocycles. The van der Waals surface area contributed by atoms with Gasteiger partial charge in [0.15, 0.2) is 11.0 Å². The van der Waals surface area contributed by atoms with E-state index in [1.165, 1.54) is 5.56 Å². The lowest BCUT2D eigenvalue weighted by atomic mass is 10.1. The van der Waals surface area contributed by atoms with Crippen LogP contribution in [0.3, 0.4) is 0 Å². The van der Waals surface area contributed by atoms with Gasteiger partial charge in [-0.1, -0.05) is 64.8 Å². The van der Waals surface area contributed by atoms with Crippen molar-refractivity contribution in [1.29, 1.82) is 0 Å². The maximum absolute atomic E-state index is 6.31. The minimum absolute atomic E-state index is 0.544. The average Bonchev–Trinajstić information content (AvgIpc) is 3.32. The van der Waals surface area contributed by atoms with Gasteiger partial charge < -0.3 is 4.42 Å². The zero-order chi connectivity index (χ0) is 19.5. The number of thioether (sulfide) groups is 1. The normalized spacial score (nSPS) is 11.1. The number of aromatic nitrogens is 3. The number of rotatable bonds is 6. The first-order valence-electron chi connectivity index (χ1n) is 8.70. The van der Waals surface area contributed by atoms with Crippen LogP contribution in [0.1, 0.15) is 16.9 Å². The number of halogens is 2. The predicted octanol–water partition coefficient (Wildman–Crippen LogP) is 6.49. The number of benzene rings is 2. The monoisotopic (exact) mass is 429 g/mol. The second-order valence-electron chi connectivity index (χ2n) is 6.33. The fraction of sp³-hybridized carbons (Fsp3) is 0.143. The van der Waals surface area contributed by atoms with Crippen LogP contribution in [0.5, 0.6) is 0 Å². The molecule has 0 radical (unpaired) electrons. The van der Waals surface area contributed by atoms with Crippen LogP contribution < -0.4 is 0 Å². The van der Waals surface area contributed by atoms with Crippen molar-refractivity contribution in [1.82, 2.24) is 14.8 Å². The number of nitrogens with zero attached hydrogens (tertiary/aromatic N) is 3. The first kappa shape index (κ1) is 19.1. The second kappa shape index (κ2) is 8.43. The lowest BCUT2D eigenvalue weighted by Crippen LogP contribution is -2.03. The third-order valence-corrected chi connectivity index (χ3v) is 6.00. The van der Waals surface area contributed by atoms with E-state index in [4.69, 9.17) is 27.6 Å². The third kappa shape index (κ3) is 4.12. The van der Waals surface area contributed by atoms with E-state index >= 15 is 0 Å². The molecular weight excluding hydrogens is 413 g/mol. The standard InChI is InChI=1S/C21H17Cl2N3OS/c1-14-5-2-6-15(11-14)20-24-25-21(26(20)12-16-7-4-10-27-16)28-13-17-18(22)8-3-9-19(17)23/h2-11H,12-13H2,1H3. The number of hydrogen-bond donors (Lipinski definition) is 0. The lowest BCUT2D eigenvalue weighted by molar-refractivity contribution is 0.485. The average molecular weight is 430 g/mol. The highest BCUT2D eigenvalue weighted by Gasteiger charge is 2.17. The van der Waals surface area contributed by atoms with Gasteiger partial charge in [0.25, 0.3) is 0 Å². The van der Waals surface area contributed by atoms with Gasteiger partial charge in [0.2, 0.25) is 0 Å². The molecule has 0 unspecified atom stereocenters. The van der Waals surface area contributed by atoms with Crippen molar-refractivity contribution in [3.63, 3.8) is 0 Å². The predicted molar refractivity (Wildman–Crippen MR) is 114 cm³/mol. The van der Waals surface area contributed by atoms with E-state index in [0.717, 1.165) is 27.9 Å². The molecule has 0 spiro atoms. The van der Waals surface area contributed by atoms with Gasteiger partial charge in [-0.05, 0) is 42.8 Å². The van der Waals surface area contributed by atoms with Crippen molar-refractivity contribution in [2.75, 3.05) is 0 Å². The number of hydrogen-bond acceptors (Lipinski definition) is 4. The van der Waals surface area contributed by atoms with E-state index in [9.17, 15) is 0 Å². The van der Waals surface area contributed by atoms with Gasteiger partial charge in [-0.2, -0.15) is 0 Å². The summed E-state index contributed by atoms with van der Waals surface area (Å²) in [5.74, 6) is 2.24. The van der Waals surface area contributed by atoms with Crippen molar-refractivity contribution in [3.05, 3.63) is 87.8 Å². The fourth-order valence-electron chi connectivity index (χ4n) is 2.90. The molecule has 142 valence electrons. The summed E-state index contributed by atoms with van der Waals surface area (Å²) < 4.78 is 7.61. The molecule has 0 atom stereocenters. The number of aryl methyl sites for hydroxylation is 1. The summed E-state index contributed by atoms with van der Waals surface area (Å²) in [4.78, 5) is 0. The van der Waals surface area contributed by atoms with Crippen molar-refractivity contribution in [3.8, 4) is 11.4 Å². The highest BCUT2D eigenvalue weighted by atomic mass is 35.5. The van der Waals surface area contributed by atoms with Gasteiger partial charge in [0, 0.05) is 21.4 Å². The molecule has 0 amide bonds. The summed E-state index contributed by atoms with van der Waals surface area (Å²) in [6, 6.07) is 17.6. The van der Waals surface area contributed by atoms with Gasteiger partial charge in [-0.3, -0.25) is 4.57 Å². The fourth-order valence-corrected chi connectivity index (χ4v) is 4.58. The van der Waals surface area contributed by atoms with Crippen LogP contribution in [0, 0.1) is 6.92 Å². The summed E-state index contributed by atoms with van der Waals surface area (Å²) in [6.45, 7) is 2.60. The van der Waals surface area contributed by atoms with Crippen molar-refractivity contribution >= 4 is 35.0 Å². The molecule has 2 aromatic heterocycles. The highest BCUT2D eigenvalue weighted by Crippen LogP contribution is 2.32. The Bertz CT molecular complexity index is 1070. The molecule has 7 heteroatoms. The molecule has 28 heavy (non-hydrogen) atoms. The summed E-state index contributed by atoms with van der Waals surface area (Å²) in [6.07, 6.45) is 1.67. The van der Waals surface area contributed by atoms with Crippen LogP contribution in [0.25, 0.3) is 11.4 Å². The van der Waals surface area contributed by atoms with E-state index in [1.54, 1.807) is 18.0 Å². The Morgan fingerprint density at radius 1 is 1.00 bits per heavy atom. The summed E-state index contributed by atoms with van der Waals surface area (Å²) >= 11 is 14.2. The molecular formula is C21H17Cl2N3OS. The molecule has 0 fully saturated rings. The van der Waals surface area contributed by atoms with Gasteiger partial charge in [0.1, 0.15) is 5.76 Å². The van der Waals surface area contributed by atoms with E-state index in [0.29, 0.717) is 22.3 Å². The molecule has 0 N–H and O–H groups in total. The number of furan rings is 1. The molecule has 4 aromatic rings. The molecule has 0 aliphatic carbocycles. The molecule has 0 aliphatic rings. The van der Waals surface area contributed by atoms with E-state index in [1.807, 2.05) is 42.5 Å². The van der Waals surface area contributed by atoms with E-state index in [2.05, 4.69) is 33.8 Å². The summed E-state index contributed by atoms with van der Waals surface area (Å²) in [5.41, 5.74) is 3.07. The Morgan fingerprint density at radius 2 is 1.79 bits per heavy atom. The summed E-state index contributed by atoms with van der Waals surface area (Å²) in [5, 5.41) is 11.0. The van der Waals surface area contributed by atoms with Gasteiger partial charge in [-0.25, -0.2) is 0 Å². The molecule has 0 aliphatic heterocycles.